The van der Waals surface area contributed by atoms with Gasteiger partial charge in [0.2, 0.25) is 0 Å². The predicted octanol–water partition coefficient (Wildman–Crippen LogP) is 16.9. The van der Waals surface area contributed by atoms with Crippen LogP contribution in [-0.2, 0) is 6.42 Å². The van der Waals surface area contributed by atoms with Crippen LogP contribution in [0.3, 0.4) is 0 Å². The summed E-state index contributed by atoms with van der Waals surface area (Å²) in [6.07, 6.45) is 3.34. The molecule has 0 saturated heterocycles. The molecule has 1 nitrogen and oxygen atoms in total. The van der Waals surface area contributed by atoms with E-state index >= 15 is 0 Å². The second kappa shape index (κ2) is 14.6. The Labute approximate surface area is 359 Å². The molecule has 0 unspecified atom stereocenters. The van der Waals surface area contributed by atoms with Gasteiger partial charge in [-0.05, 0) is 109 Å². The van der Waals surface area contributed by atoms with Crippen LogP contribution in [0.5, 0.6) is 0 Å². The van der Waals surface area contributed by atoms with Crippen LogP contribution in [0.15, 0.2) is 218 Å². The van der Waals surface area contributed by atoms with Gasteiger partial charge in [-0.25, -0.2) is 0 Å². The zero-order valence-corrected chi connectivity index (χ0v) is 34.2. The van der Waals surface area contributed by atoms with Crippen LogP contribution in [0.25, 0.3) is 86.7 Å². The number of rotatable bonds is 7. The highest BCUT2D eigenvalue weighted by atomic mass is 32.1. The lowest BCUT2D eigenvalue weighted by Gasteiger charge is -2.28. The molecule has 61 heavy (non-hydrogen) atoms. The molecule has 0 saturated carbocycles. The molecule has 10 aromatic carbocycles. The average Bonchev–Trinajstić information content (AvgIpc) is 3.95. The van der Waals surface area contributed by atoms with Crippen molar-refractivity contribution >= 4 is 81.8 Å². The fraction of sp³-hybridized carbons (Fsp3) is 0.0169. The summed E-state index contributed by atoms with van der Waals surface area (Å²) in [5.41, 5.74) is 16.1. The maximum atomic E-state index is 2.44. The van der Waals surface area contributed by atoms with Crippen molar-refractivity contribution in [1.29, 1.82) is 0 Å². The summed E-state index contributed by atoms with van der Waals surface area (Å²) < 4.78 is 2.62. The maximum Gasteiger partial charge on any atom is 0.0540 e. The molecule has 286 valence electrons. The Morgan fingerprint density at radius 2 is 0.885 bits per heavy atom. The van der Waals surface area contributed by atoms with Gasteiger partial charge < -0.3 is 4.90 Å². The number of benzene rings is 10. The summed E-state index contributed by atoms with van der Waals surface area (Å²) in [7, 11) is 0. The lowest BCUT2D eigenvalue weighted by molar-refractivity contribution is 1.30. The van der Waals surface area contributed by atoms with E-state index in [1.807, 2.05) is 11.3 Å². The highest BCUT2D eigenvalue weighted by molar-refractivity contribution is 7.26. The minimum Gasteiger partial charge on any atom is -0.310 e. The van der Waals surface area contributed by atoms with Gasteiger partial charge in [0, 0.05) is 42.3 Å². The molecule has 12 rings (SSSR count). The maximum absolute atomic E-state index is 2.44. The molecule has 0 radical (unpaired) electrons. The number of thiophene rings is 1. The van der Waals surface area contributed by atoms with E-state index in [1.54, 1.807) is 0 Å². The number of nitrogens with zero attached hydrogens (tertiary/aromatic N) is 1. The summed E-state index contributed by atoms with van der Waals surface area (Å²) >= 11 is 1.91. The van der Waals surface area contributed by atoms with E-state index in [4.69, 9.17) is 0 Å². The number of hydrogen-bond acceptors (Lipinski definition) is 2. The van der Waals surface area contributed by atoms with Crippen LogP contribution < -0.4 is 4.90 Å². The molecule has 0 atom stereocenters. The first-order valence-electron chi connectivity index (χ1n) is 21.0. The van der Waals surface area contributed by atoms with Gasteiger partial charge in [0.25, 0.3) is 0 Å². The smallest absolute Gasteiger partial charge is 0.0540 e. The topological polar surface area (TPSA) is 3.24 Å². The zero-order valence-electron chi connectivity index (χ0n) is 33.4. The molecule has 0 N–H and O–H groups in total. The molecule has 1 aliphatic rings. The van der Waals surface area contributed by atoms with E-state index in [9.17, 15) is 0 Å². The Balaban J connectivity index is 1.09. The minimum absolute atomic E-state index is 0.952. The van der Waals surface area contributed by atoms with Gasteiger partial charge in [0.15, 0.2) is 0 Å². The summed E-state index contributed by atoms with van der Waals surface area (Å²) in [5, 5.41) is 7.67. The van der Waals surface area contributed by atoms with Gasteiger partial charge in [-0.2, -0.15) is 0 Å². The third-order valence-electron chi connectivity index (χ3n) is 12.5. The van der Waals surface area contributed by atoms with Crippen LogP contribution in [0.2, 0.25) is 0 Å². The first kappa shape index (κ1) is 35.4. The Bertz CT molecular complexity index is 3390. The normalized spacial score (nSPS) is 12.3. The molecule has 0 aliphatic heterocycles. The van der Waals surface area contributed by atoms with Crippen LogP contribution in [0, 0.1) is 0 Å². The van der Waals surface area contributed by atoms with Crippen LogP contribution in [0.4, 0.5) is 17.1 Å². The summed E-state index contributed by atoms with van der Waals surface area (Å²) in [5.74, 6) is 0. The van der Waals surface area contributed by atoms with Crippen LogP contribution in [-0.4, -0.2) is 0 Å². The zero-order chi connectivity index (χ0) is 40.3. The number of hydrogen-bond donors (Lipinski definition) is 0. The largest absolute Gasteiger partial charge is 0.310 e. The van der Waals surface area contributed by atoms with Crippen molar-refractivity contribution < 1.29 is 0 Å². The lowest BCUT2D eigenvalue weighted by Crippen LogP contribution is -2.10. The highest BCUT2D eigenvalue weighted by Crippen LogP contribution is 2.49. The van der Waals surface area contributed by atoms with Crippen molar-refractivity contribution in [2.45, 2.75) is 6.42 Å². The summed E-state index contributed by atoms with van der Waals surface area (Å²) in [4.78, 5) is 2.44. The van der Waals surface area contributed by atoms with Crippen molar-refractivity contribution in [2.24, 2.45) is 0 Å². The fourth-order valence-electron chi connectivity index (χ4n) is 9.59. The molecule has 0 amide bonds. The second-order valence-corrected chi connectivity index (χ2v) is 17.1. The van der Waals surface area contributed by atoms with Crippen molar-refractivity contribution in [3.63, 3.8) is 0 Å². The highest BCUT2D eigenvalue weighted by Gasteiger charge is 2.23. The van der Waals surface area contributed by atoms with E-state index in [0.29, 0.717) is 0 Å². The summed E-state index contributed by atoms with van der Waals surface area (Å²) in [6.45, 7) is 0. The number of anilines is 3. The monoisotopic (exact) mass is 793 g/mol. The predicted molar refractivity (Wildman–Crippen MR) is 263 cm³/mol. The van der Waals surface area contributed by atoms with Crippen molar-refractivity contribution in [2.75, 3.05) is 4.90 Å². The lowest BCUT2D eigenvalue weighted by atomic mass is 9.88. The van der Waals surface area contributed by atoms with Crippen LogP contribution in [0.1, 0.15) is 16.7 Å². The molecule has 2 heteroatoms. The summed E-state index contributed by atoms with van der Waals surface area (Å²) in [6, 6.07) is 80.3. The molecular weight excluding hydrogens is 755 g/mol. The molecular formula is C59H39NS. The third kappa shape index (κ3) is 6.07. The number of fused-ring (bicyclic) bond motifs is 7. The molecule has 1 aliphatic carbocycles. The van der Waals surface area contributed by atoms with E-state index < -0.39 is 0 Å². The third-order valence-corrected chi connectivity index (χ3v) is 13.7. The van der Waals surface area contributed by atoms with Gasteiger partial charge in [-0.3, -0.25) is 0 Å². The standard InChI is InChI=1S/C59H39NS/c1-3-13-39(14-4-1)41-23-27-46(28-24-41)60(47-29-25-42(26-30-47)40-15-5-2-6-16-40)56-36-35-53(58-55(56)34-33-54-52-21-11-12-22-57(52)61-59(54)58)51-32-31-48(49-19-9-10-20-50(49)51)45-37-43-17-7-8-18-44(43)38-45/h1-37H,38H2. The Hall–Kier alpha value is -7.52. The van der Waals surface area contributed by atoms with Gasteiger partial charge in [-0.1, -0.05) is 188 Å². The molecule has 1 aromatic heterocycles. The van der Waals surface area contributed by atoms with E-state index in [-0.39, 0.29) is 0 Å². The Morgan fingerprint density at radius 1 is 0.361 bits per heavy atom. The molecule has 1 heterocycles. The van der Waals surface area contributed by atoms with Gasteiger partial charge in [0.05, 0.1) is 5.69 Å². The van der Waals surface area contributed by atoms with Gasteiger partial charge in [0.1, 0.15) is 0 Å². The average molecular weight is 794 g/mol. The van der Waals surface area contributed by atoms with E-state index in [1.165, 1.54) is 97.4 Å². The Morgan fingerprint density at radius 3 is 1.56 bits per heavy atom. The second-order valence-electron chi connectivity index (χ2n) is 16.0. The van der Waals surface area contributed by atoms with Crippen molar-refractivity contribution in [1.82, 2.24) is 0 Å². The fourth-order valence-corrected chi connectivity index (χ4v) is 10.9. The quantitative estimate of drug-likeness (QED) is 0.155. The SMILES string of the molecule is C1=C(c2ccc(-c3ccc(N(c4ccc(-c5ccccc5)cc4)c4ccc(-c5ccccc5)cc4)c4ccc5c6ccccc6sc5c34)c3ccccc23)Cc2ccccc21. The molecule has 0 fully saturated rings. The number of allylic oxidation sites excluding steroid dienone is 1. The Kier molecular flexibility index (Phi) is 8.50. The minimum atomic E-state index is 0.952. The first-order valence-corrected chi connectivity index (χ1v) is 21.9. The van der Waals surface area contributed by atoms with Crippen LogP contribution >= 0.6 is 11.3 Å². The van der Waals surface area contributed by atoms with E-state index in [2.05, 4.69) is 229 Å². The van der Waals surface area contributed by atoms with Crippen molar-refractivity contribution in [3.8, 4) is 33.4 Å². The molecule has 0 spiro atoms. The van der Waals surface area contributed by atoms with Gasteiger partial charge >= 0.3 is 0 Å². The molecule has 0 bridgehead atoms. The molecule has 11 aromatic rings. The van der Waals surface area contributed by atoms with E-state index in [0.717, 1.165) is 23.5 Å². The van der Waals surface area contributed by atoms with Gasteiger partial charge in [-0.15, -0.1) is 11.3 Å². The van der Waals surface area contributed by atoms with Crippen molar-refractivity contribution in [3.05, 3.63) is 235 Å². The first-order chi connectivity index (χ1) is 30.2.